The highest BCUT2D eigenvalue weighted by atomic mass is 16.4. The smallest absolute Gasteiger partial charge is 0.356 e. The molecule has 0 aromatic carbocycles. The molecule has 1 rings (SSSR count). The molecule has 0 spiro atoms. The lowest BCUT2D eigenvalue weighted by Crippen LogP contribution is -2.41. The molecule has 1 atom stereocenters. The van der Waals surface area contributed by atoms with Crippen molar-refractivity contribution in [2.45, 2.75) is 19.5 Å². The van der Waals surface area contributed by atoms with Gasteiger partial charge in [-0.25, -0.2) is 9.78 Å². The Balaban J connectivity index is 2.35. The van der Waals surface area contributed by atoms with Gasteiger partial charge in [-0.1, -0.05) is 0 Å². The summed E-state index contributed by atoms with van der Waals surface area (Å²) in [5.41, 5.74) is -0.0000746. The van der Waals surface area contributed by atoms with Crippen molar-refractivity contribution < 1.29 is 14.7 Å². The van der Waals surface area contributed by atoms with Crippen LogP contribution >= 0.6 is 0 Å². The third-order valence-electron chi connectivity index (χ3n) is 2.35. The van der Waals surface area contributed by atoms with Gasteiger partial charge in [-0.2, -0.15) is 0 Å². The van der Waals surface area contributed by atoms with Crippen LogP contribution in [0.25, 0.3) is 0 Å². The zero-order chi connectivity index (χ0) is 12.8. The largest absolute Gasteiger partial charge is 0.476 e. The van der Waals surface area contributed by atoms with Crippen molar-refractivity contribution in [3.05, 3.63) is 18.2 Å². The van der Waals surface area contributed by atoms with Gasteiger partial charge in [0.25, 0.3) is 0 Å². The fraction of sp³-hybridized carbons (Fsp3) is 0.500. The second kappa shape index (κ2) is 6.00. The first-order chi connectivity index (χ1) is 8.04. The van der Waals surface area contributed by atoms with E-state index in [-0.39, 0.29) is 17.6 Å². The van der Waals surface area contributed by atoms with Crippen molar-refractivity contribution in [2.75, 3.05) is 13.6 Å². The van der Waals surface area contributed by atoms with Crippen LogP contribution in [0.3, 0.4) is 0 Å². The Morgan fingerprint density at radius 2 is 2.29 bits per heavy atom. The third-order valence-corrected chi connectivity index (χ3v) is 2.35. The number of carbonyl (C=O) groups excluding carboxylic acids is 1. The predicted octanol–water partition coefficient (Wildman–Crippen LogP) is -0.695. The number of hydrogen-bond acceptors (Lipinski definition) is 4. The van der Waals surface area contributed by atoms with Gasteiger partial charge in [0, 0.05) is 19.3 Å². The monoisotopic (exact) mass is 240 g/mol. The number of amides is 1. The van der Waals surface area contributed by atoms with Crippen LogP contribution < -0.4 is 10.6 Å². The summed E-state index contributed by atoms with van der Waals surface area (Å²) in [4.78, 5) is 25.7. The third kappa shape index (κ3) is 3.87. The van der Waals surface area contributed by atoms with Crippen LogP contribution in [0.4, 0.5) is 0 Å². The molecule has 1 aromatic heterocycles. The van der Waals surface area contributed by atoms with Gasteiger partial charge in [0.05, 0.1) is 12.4 Å². The van der Waals surface area contributed by atoms with Gasteiger partial charge >= 0.3 is 5.97 Å². The molecule has 3 N–H and O–H groups in total. The Morgan fingerprint density at radius 1 is 1.59 bits per heavy atom. The van der Waals surface area contributed by atoms with Gasteiger partial charge in [0.1, 0.15) is 0 Å². The van der Waals surface area contributed by atoms with Gasteiger partial charge in [-0.3, -0.25) is 4.79 Å². The zero-order valence-corrected chi connectivity index (χ0v) is 9.80. The topological polar surface area (TPSA) is 96.3 Å². The van der Waals surface area contributed by atoms with E-state index in [1.807, 2.05) is 0 Å². The lowest BCUT2D eigenvalue weighted by atomic mass is 10.3. The minimum absolute atomic E-state index is 0.0000746. The molecule has 1 unspecified atom stereocenters. The van der Waals surface area contributed by atoms with E-state index < -0.39 is 5.97 Å². The molecule has 1 aromatic rings. The van der Waals surface area contributed by atoms with E-state index in [1.165, 1.54) is 12.5 Å². The Labute approximate surface area is 98.8 Å². The summed E-state index contributed by atoms with van der Waals surface area (Å²) >= 11 is 0. The minimum Gasteiger partial charge on any atom is -0.476 e. The maximum atomic E-state index is 11.4. The number of aromatic carboxylic acids is 1. The molecule has 0 saturated carbocycles. The molecule has 94 valence electrons. The highest BCUT2D eigenvalue weighted by molar-refractivity contribution is 5.84. The average Bonchev–Trinajstić information content (AvgIpc) is 2.76. The molecule has 0 saturated heterocycles. The molecule has 0 aliphatic rings. The van der Waals surface area contributed by atoms with E-state index in [0.717, 1.165) is 0 Å². The Kier molecular flexibility index (Phi) is 4.65. The number of rotatable bonds is 6. The van der Waals surface area contributed by atoms with Crippen LogP contribution in [-0.4, -0.2) is 46.2 Å². The maximum absolute atomic E-state index is 11.4. The normalized spacial score (nSPS) is 12.1. The second-order valence-corrected chi connectivity index (χ2v) is 3.60. The van der Waals surface area contributed by atoms with Crippen molar-refractivity contribution in [1.29, 1.82) is 0 Å². The lowest BCUT2D eigenvalue weighted by molar-refractivity contribution is -0.122. The summed E-state index contributed by atoms with van der Waals surface area (Å²) in [6.07, 6.45) is 2.85. The molecule has 0 radical (unpaired) electrons. The number of nitrogens with one attached hydrogen (secondary N) is 2. The molecule has 0 bridgehead atoms. The SMILES string of the molecule is CNC(C)C(=O)NCCn1cnc(C(=O)O)c1. The van der Waals surface area contributed by atoms with Crippen LogP contribution in [0.2, 0.25) is 0 Å². The number of carbonyl (C=O) groups is 2. The highest BCUT2D eigenvalue weighted by Gasteiger charge is 2.09. The van der Waals surface area contributed by atoms with Gasteiger partial charge in [0.15, 0.2) is 5.69 Å². The molecule has 1 amide bonds. The molecule has 7 heteroatoms. The maximum Gasteiger partial charge on any atom is 0.356 e. The molecule has 1 heterocycles. The molecular weight excluding hydrogens is 224 g/mol. The summed E-state index contributed by atoms with van der Waals surface area (Å²) in [6, 6.07) is -0.243. The van der Waals surface area contributed by atoms with Crippen LogP contribution in [0.15, 0.2) is 12.5 Å². The van der Waals surface area contributed by atoms with E-state index in [1.54, 1.807) is 18.5 Å². The van der Waals surface area contributed by atoms with Crippen molar-refractivity contribution >= 4 is 11.9 Å². The van der Waals surface area contributed by atoms with Gasteiger partial charge < -0.3 is 20.3 Å². The van der Waals surface area contributed by atoms with Crippen LogP contribution in [-0.2, 0) is 11.3 Å². The number of likely N-dealkylation sites (N-methyl/N-ethyl adjacent to an activating group) is 1. The Morgan fingerprint density at radius 3 is 2.82 bits per heavy atom. The summed E-state index contributed by atoms with van der Waals surface area (Å²) in [6.45, 7) is 2.68. The summed E-state index contributed by atoms with van der Waals surface area (Å²) in [7, 11) is 1.71. The first-order valence-electron chi connectivity index (χ1n) is 5.24. The molecule has 0 aliphatic heterocycles. The summed E-state index contributed by atoms with van der Waals surface area (Å²) in [5.74, 6) is -1.15. The van der Waals surface area contributed by atoms with E-state index in [4.69, 9.17) is 5.11 Å². The zero-order valence-electron chi connectivity index (χ0n) is 9.80. The molecule has 0 aliphatic carbocycles. The van der Waals surface area contributed by atoms with Crippen LogP contribution in [0.5, 0.6) is 0 Å². The highest BCUT2D eigenvalue weighted by Crippen LogP contribution is 1.95. The summed E-state index contributed by atoms with van der Waals surface area (Å²) < 4.78 is 1.62. The first-order valence-corrected chi connectivity index (χ1v) is 5.24. The minimum atomic E-state index is -1.06. The molecular formula is C10H16N4O3. The number of carboxylic acid groups (broad SMARTS) is 1. The summed E-state index contributed by atoms with van der Waals surface area (Å²) in [5, 5.41) is 14.2. The molecule has 7 nitrogen and oxygen atoms in total. The van der Waals surface area contributed by atoms with Gasteiger partial charge in [-0.15, -0.1) is 0 Å². The Bertz CT molecular complexity index is 402. The van der Waals surface area contributed by atoms with Crippen molar-refractivity contribution in [2.24, 2.45) is 0 Å². The number of carboxylic acids is 1. The van der Waals surface area contributed by atoms with E-state index in [2.05, 4.69) is 15.6 Å². The fourth-order valence-electron chi connectivity index (χ4n) is 1.19. The number of aromatic nitrogens is 2. The molecule has 17 heavy (non-hydrogen) atoms. The van der Waals surface area contributed by atoms with Gasteiger partial charge in [-0.05, 0) is 14.0 Å². The van der Waals surface area contributed by atoms with E-state index in [0.29, 0.717) is 13.1 Å². The predicted molar refractivity (Wildman–Crippen MR) is 60.7 cm³/mol. The Hall–Kier alpha value is -1.89. The van der Waals surface area contributed by atoms with E-state index in [9.17, 15) is 9.59 Å². The van der Waals surface area contributed by atoms with Gasteiger partial charge in [0.2, 0.25) is 5.91 Å². The number of imidazole rings is 1. The lowest BCUT2D eigenvalue weighted by Gasteiger charge is -2.10. The van der Waals surface area contributed by atoms with E-state index >= 15 is 0 Å². The van der Waals surface area contributed by atoms with Crippen LogP contribution in [0.1, 0.15) is 17.4 Å². The standard InChI is InChI=1S/C10H16N4O3/c1-7(11-2)9(15)12-3-4-14-5-8(10(16)17)13-6-14/h5-7,11H,3-4H2,1-2H3,(H,12,15)(H,16,17). The number of hydrogen-bond donors (Lipinski definition) is 3. The first kappa shape index (κ1) is 13.2. The van der Waals surface area contributed by atoms with Crippen LogP contribution in [0, 0.1) is 0 Å². The fourth-order valence-corrected chi connectivity index (χ4v) is 1.19. The quantitative estimate of drug-likeness (QED) is 0.611. The van der Waals surface area contributed by atoms with Crippen molar-refractivity contribution in [1.82, 2.24) is 20.2 Å². The molecule has 0 fully saturated rings. The van der Waals surface area contributed by atoms with Crippen molar-refractivity contribution in [3.63, 3.8) is 0 Å². The number of nitrogens with zero attached hydrogens (tertiary/aromatic N) is 2. The average molecular weight is 240 g/mol. The van der Waals surface area contributed by atoms with Crippen molar-refractivity contribution in [3.8, 4) is 0 Å². The second-order valence-electron chi connectivity index (χ2n) is 3.60.